The highest BCUT2D eigenvalue weighted by atomic mass is 35.5. The number of hydrogen-bond acceptors (Lipinski definition) is 7. The van der Waals surface area contributed by atoms with Crippen molar-refractivity contribution in [2.24, 2.45) is 10.9 Å². The summed E-state index contributed by atoms with van der Waals surface area (Å²) < 4.78 is 5.21. The van der Waals surface area contributed by atoms with Gasteiger partial charge in [-0.25, -0.2) is 9.79 Å². The number of aliphatic imine (C=N–C) groups is 1. The second-order valence-corrected chi connectivity index (χ2v) is 8.03. The van der Waals surface area contributed by atoms with Crippen LogP contribution in [-0.2, 0) is 9.53 Å². The number of halogens is 1. The lowest BCUT2D eigenvalue weighted by molar-refractivity contribution is -0.385. The number of phenols is 1. The van der Waals surface area contributed by atoms with E-state index in [1.165, 1.54) is 24.0 Å². The van der Waals surface area contributed by atoms with Crippen LogP contribution in [0.15, 0.2) is 27.7 Å². The predicted molar refractivity (Wildman–Crippen MR) is 104 cm³/mol. The molecule has 0 aromatic heterocycles. The van der Waals surface area contributed by atoms with Crippen LogP contribution >= 0.6 is 23.4 Å². The summed E-state index contributed by atoms with van der Waals surface area (Å²) in [4.78, 5) is 27.2. The molecule has 2 atom stereocenters. The third-order valence-electron chi connectivity index (χ3n) is 4.66. The summed E-state index contributed by atoms with van der Waals surface area (Å²) in [6, 6.07) is 2.47. The molecule has 1 fully saturated rings. The summed E-state index contributed by atoms with van der Waals surface area (Å²) in [7, 11) is 0. The van der Waals surface area contributed by atoms with Crippen LogP contribution in [0.3, 0.4) is 0 Å². The maximum Gasteiger partial charge on any atom is 0.337 e. The number of esters is 1. The third kappa shape index (κ3) is 4.11. The van der Waals surface area contributed by atoms with Crippen molar-refractivity contribution in [3.05, 3.63) is 43.4 Å². The number of ether oxygens (including phenoxy) is 1. The molecular formula is C18H19ClN2O5S. The highest BCUT2D eigenvalue weighted by molar-refractivity contribution is 8.04. The lowest BCUT2D eigenvalue weighted by Crippen LogP contribution is -2.24. The first-order valence-electron chi connectivity index (χ1n) is 8.71. The number of carbonyl (C=O) groups is 1. The molecule has 144 valence electrons. The van der Waals surface area contributed by atoms with E-state index in [2.05, 4.69) is 4.99 Å². The van der Waals surface area contributed by atoms with Gasteiger partial charge in [-0.1, -0.05) is 24.4 Å². The normalized spacial score (nSPS) is 22.1. The molecule has 27 heavy (non-hydrogen) atoms. The van der Waals surface area contributed by atoms with Crippen LogP contribution in [0.4, 0.5) is 5.69 Å². The molecule has 0 radical (unpaired) electrons. The van der Waals surface area contributed by atoms with Gasteiger partial charge < -0.3 is 9.84 Å². The molecule has 0 saturated heterocycles. The Morgan fingerprint density at radius 2 is 2.22 bits per heavy atom. The Morgan fingerprint density at radius 1 is 1.48 bits per heavy atom. The van der Waals surface area contributed by atoms with E-state index in [-0.39, 0.29) is 34.3 Å². The highest BCUT2D eigenvalue weighted by Gasteiger charge is 2.41. The Balaban J connectivity index is 1.97. The van der Waals surface area contributed by atoms with E-state index in [1.54, 1.807) is 6.92 Å². The number of benzene rings is 1. The van der Waals surface area contributed by atoms with Gasteiger partial charge >= 0.3 is 11.7 Å². The second-order valence-electron chi connectivity index (χ2n) is 6.36. The molecule has 2 aliphatic rings. The molecule has 9 heteroatoms. The molecule has 1 aliphatic heterocycles. The van der Waals surface area contributed by atoms with E-state index < -0.39 is 16.4 Å². The first kappa shape index (κ1) is 19.7. The van der Waals surface area contributed by atoms with Gasteiger partial charge in [0.2, 0.25) is 5.75 Å². The molecule has 7 nitrogen and oxygen atoms in total. The lowest BCUT2D eigenvalue weighted by atomic mass is 9.84. The quantitative estimate of drug-likeness (QED) is 0.333. The van der Waals surface area contributed by atoms with Gasteiger partial charge in [-0.15, -0.1) is 11.8 Å². The molecule has 1 aromatic rings. The molecular weight excluding hydrogens is 392 g/mol. The zero-order valence-electron chi connectivity index (χ0n) is 14.7. The van der Waals surface area contributed by atoms with E-state index in [1.807, 2.05) is 0 Å². The molecule has 0 amide bonds. The third-order valence-corrected chi connectivity index (χ3v) is 6.30. The van der Waals surface area contributed by atoms with Crippen molar-refractivity contribution in [2.75, 3.05) is 6.61 Å². The zero-order valence-corrected chi connectivity index (χ0v) is 16.3. The Labute approximate surface area is 165 Å². The first-order valence-corrected chi connectivity index (χ1v) is 9.97. The molecule has 1 N–H and O–H groups in total. The first-order chi connectivity index (χ1) is 12.9. The van der Waals surface area contributed by atoms with Crippen LogP contribution in [0, 0.1) is 16.0 Å². The summed E-state index contributed by atoms with van der Waals surface area (Å²) in [6.07, 6.45) is 5.41. The van der Waals surface area contributed by atoms with E-state index >= 15 is 0 Å². The van der Waals surface area contributed by atoms with Crippen LogP contribution in [0.1, 0.15) is 38.2 Å². The minimum atomic E-state index is -0.708. The number of phenolic OH excluding ortho intramolecular Hbond substituents is 1. The van der Waals surface area contributed by atoms with Crippen molar-refractivity contribution in [1.82, 2.24) is 0 Å². The molecule has 1 aromatic carbocycles. The number of nitrogens with zero attached hydrogens (tertiary/aromatic N) is 2. The maximum atomic E-state index is 12.5. The van der Waals surface area contributed by atoms with Crippen molar-refractivity contribution in [1.29, 1.82) is 0 Å². The van der Waals surface area contributed by atoms with Gasteiger partial charge in [0, 0.05) is 34.0 Å². The predicted octanol–water partition coefficient (Wildman–Crippen LogP) is 4.45. The van der Waals surface area contributed by atoms with Crippen LogP contribution in [0.25, 0.3) is 0 Å². The lowest BCUT2D eigenvalue weighted by Gasteiger charge is -2.25. The smallest absolute Gasteiger partial charge is 0.337 e. The monoisotopic (exact) mass is 410 g/mol. The largest absolute Gasteiger partial charge is 0.502 e. The van der Waals surface area contributed by atoms with Crippen molar-refractivity contribution >= 4 is 41.2 Å². The standard InChI is InChI=1S/C18H19ClN2O5S/c1-2-26-18(23)15-12-5-3-4-6-14(12)27-17(15)20-9-10-7-11(19)8-13(16(10)22)21(24)25/h7-9,12,14,22H,2-6H2,1H3. The highest BCUT2D eigenvalue weighted by Crippen LogP contribution is 2.49. The number of nitro benzene ring substituents is 1. The Hall–Kier alpha value is -2.06. The van der Waals surface area contributed by atoms with Gasteiger partial charge in [0.05, 0.1) is 17.1 Å². The van der Waals surface area contributed by atoms with Gasteiger partial charge in [-0.2, -0.15) is 0 Å². The minimum Gasteiger partial charge on any atom is -0.502 e. The summed E-state index contributed by atoms with van der Waals surface area (Å²) in [5.41, 5.74) is 0.204. The average Bonchev–Trinajstić information content (AvgIpc) is 3.00. The number of thioether (sulfide) groups is 1. The van der Waals surface area contributed by atoms with Crippen LogP contribution in [-0.4, -0.2) is 34.1 Å². The van der Waals surface area contributed by atoms with Gasteiger partial charge in [-0.05, 0) is 25.8 Å². The van der Waals surface area contributed by atoms with E-state index in [4.69, 9.17) is 16.3 Å². The zero-order chi connectivity index (χ0) is 19.6. The van der Waals surface area contributed by atoms with E-state index in [9.17, 15) is 20.0 Å². The Morgan fingerprint density at radius 3 is 2.93 bits per heavy atom. The SMILES string of the molecule is CCOC(=O)C1=C(N=Cc2cc(Cl)cc([N+](=O)[O-])c2O)SC2CCCCC12. The van der Waals surface area contributed by atoms with Gasteiger partial charge in [-0.3, -0.25) is 10.1 Å². The summed E-state index contributed by atoms with van der Waals surface area (Å²) in [5, 5.41) is 22.1. The second kappa shape index (κ2) is 8.31. The number of fused-ring (bicyclic) bond motifs is 1. The fraction of sp³-hybridized carbons (Fsp3) is 0.444. The van der Waals surface area contributed by atoms with E-state index in [0.29, 0.717) is 10.6 Å². The summed E-state index contributed by atoms with van der Waals surface area (Å²) in [5.74, 6) is -0.767. The number of aromatic hydroxyl groups is 1. The van der Waals surface area contributed by atoms with Crippen molar-refractivity contribution < 1.29 is 19.6 Å². The number of rotatable bonds is 5. The van der Waals surface area contributed by atoms with Gasteiger partial charge in [0.25, 0.3) is 0 Å². The van der Waals surface area contributed by atoms with Crippen molar-refractivity contribution in [3.8, 4) is 5.75 Å². The number of nitro groups is 1. The van der Waals surface area contributed by atoms with Crippen molar-refractivity contribution in [3.63, 3.8) is 0 Å². The minimum absolute atomic E-state index is 0.109. The van der Waals surface area contributed by atoms with Crippen molar-refractivity contribution in [2.45, 2.75) is 37.9 Å². The number of carbonyl (C=O) groups excluding carboxylic acids is 1. The fourth-order valence-corrected chi connectivity index (χ4v) is 5.16. The molecule has 1 aliphatic carbocycles. The molecule has 0 bridgehead atoms. The molecule has 1 saturated carbocycles. The Kier molecular flexibility index (Phi) is 6.06. The molecule has 2 unspecified atom stereocenters. The van der Waals surface area contributed by atoms with Gasteiger partial charge in [0.15, 0.2) is 0 Å². The fourth-order valence-electron chi connectivity index (χ4n) is 3.45. The van der Waals surface area contributed by atoms with Crippen LogP contribution < -0.4 is 0 Å². The number of hydrogen-bond donors (Lipinski definition) is 1. The Bertz CT molecular complexity index is 839. The van der Waals surface area contributed by atoms with Crippen LogP contribution in [0.5, 0.6) is 5.75 Å². The summed E-state index contributed by atoms with van der Waals surface area (Å²) >= 11 is 7.44. The topological polar surface area (TPSA) is 102 Å². The average molecular weight is 411 g/mol. The molecule has 0 spiro atoms. The maximum absolute atomic E-state index is 12.5. The summed E-state index contributed by atoms with van der Waals surface area (Å²) in [6.45, 7) is 2.04. The molecule has 3 rings (SSSR count). The van der Waals surface area contributed by atoms with Crippen LogP contribution in [0.2, 0.25) is 5.02 Å². The molecule has 1 heterocycles. The van der Waals surface area contributed by atoms with Gasteiger partial charge in [0.1, 0.15) is 5.03 Å². The van der Waals surface area contributed by atoms with E-state index in [0.717, 1.165) is 31.7 Å².